The topological polar surface area (TPSA) is 95.9 Å². The number of carbonyl (C=O) groups excluding carboxylic acids is 2. The number of nitrogens with zero attached hydrogens (tertiary/aromatic N) is 1. The van der Waals surface area contributed by atoms with E-state index >= 15 is 0 Å². The second-order valence-corrected chi connectivity index (χ2v) is 11.0. The van der Waals surface area contributed by atoms with Gasteiger partial charge in [0, 0.05) is 6.42 Å². The Bertz CT molecular complexity index is 747. The molecular formula is C26H42N2O5. The fourth-order valence-corrected chi connectivity index (χ4v) is 3.39. The summed E-state index contributed by atoms with van der Waals surface area (Å²) in [4.78, 5) is 39.4. The van der Waals surface area contributed by atoms with E-state index in [1.165, 1.54) is 7.11 Å². The fourth-order valence-electron chi connectivity index (χ4n) is 3.39. The molecule has 2 N–H and O–H groups in total. The summed E-state index contributed by atoms with van der Waals surface area (Å²) in [5.41, 5.74) is 0.943. The standard InChI is InChI=1S/C26H42N2O5/c1-25(2,3)13-15-28(16-14-26(4,5)6)21(18-22(29)30)23(31)27-20(24(32)33-7)17-19-11-9-8-10-12-19/h8-12,20-21H,13-18H2,1-7H3,(H,27,31)(H,29,30)/t20-,21?/m0/s1. The molecule has 1 rings (SSSR count). The molecule has 0 bridgehead atoms. The molecule has 0 aliphatic rings. The lowest BCUT2D eigenvalue weighted by Crippen LogP contribution is -2.54. The van der Waals surface area contributed by atoms with Crippen molar-refractivity contribution < 1.29 is 24.2 Å². The lowest BCUT2D eigenvalue weighted by atomic mass is 9.90. The molecule has 1 unspecified atom stereocenters. The first-order valence-electron chi connectivity index (χ1n) is 11.6. The van der Waals surface area contributed by atoms with Crippen LogP contribution in [-0.4, -0.2) is 60.1 Å². The first kappa shape index (κ1) is 28.6. The maximum absolute atomic E-state index is 13.4. The molecule has 0 fully saturated rings. The third-order valence-electron chi connectivity index (χ3n) is 5.49. The van der Waals surface area contributed by atoms with Crippen molar-refractivity contribution in [2.24, 2.45) is 10.8 Å². The Hall–Kier alpha value is -2.41. The van der Waals surface area contributed by atoms with Crippen LogP contribution in [0.4, 0.5) is 0 Å². The second-order valence-electron chi connectivity index (χ2n) is 11.0. The van der Waals surface area contributed by atoms with Crippen molar-refractivity contribution in [3.63, 3.8) is 0 Å². The Morgan fingerprint density at radius 2 is 1.48 bits per heavy atom. The summed E-state index contributed by atoms with van der Waals surface area (Å²) in [5, 5.41) is 12.3. The molecule has 1 amide bonds. The number of aliphatic carboxylic acids is 1. The molecule has 7 heteroatoms. The molecule has 0 radical (unpaired) electrons. The highest BCUT2D eigenvalue weighted by atomic mass is 16.5. The van der Waals surface area contributed by atoms with Crippen LogP contribution in [0.3, 0.4) is 0 Å². The van der Waals surface area contributed by atoms with Gasteiger partial charge in [0.2, 0.25) is 5.91 Å². The fraction of sp³-hybridized carbons (Fsp3) is 0.654. The van der Waals surface area contributed by atoms with Crippen LogP contribution in [0, 0.1) is 10.8 Å². The highest BCUT2D eigenvalue weighted by Gasteiger charge is 2.33. The van der Waals surface area contributed by atoms with Crippen molar-refractivity contribution >= 4 is 17.8 Å². The van der Waals surface area contributed by atoms with Gasteiger partial charge in [0.25, 0.3) is 0 Å². The van der Waals surface area contributed by atoms with Crippen molar-refractivity contribution in [2.45, 2.75) is 79.3 Å². The molecule has 0 saturated carbocycles. The molecule has 0 saturated heterocycles. The first-order valence-corrected chi connectivity index (χ1v) is 11.6. The normalized spacial score (nSPS) is 13.9. The quantitative estimate of drug-likeness (QED) is 0.457. The lowest BCUT2D eigenvalue weighted by Gasteiger charge is -2.34. The number of ether oxygens (including phenoxy) is 1. The monoisotopic (exact) mass is 462 g/mol. The summed E-state index contributed by atoms with van der Waals surface area (Å²) in [7, 11) is 1.28. The Morgan fingerprint density at radius 3 is 1.91 bits per heavy atom. The number of esters is 1. The predicted molar refractivity (Wildman–Crippen MR) is 130 cm³/mol. The summed E-state index contributed by atoms with van der Waals surface area (Å²) >= 11 is 0. The number of hydrogen-bond acceptors (Lipinski definition) is 5. The van der Waals surface area contributed by atoms with E-state index in [-0.39, 0.29) is 23.7 Å². The van der Waals surface area contributed by atoms with Gasteiger partial charge in [0.15, 0.2) is 0 Å². The van der Waals surface area contributed by atoms with Crippen molar-refractivity contribution in [3.05, 3.63) is 35.9 Å². The second kappa shape index (κ2) is 12.7. The largest absolute Gasteiger partial charge is 0.481 e. The highest BCUT2D eigenvalue weighted by molar-refractivity contribution is 5.90. The average molecular weight is 463 g/mol. The minimum atomic E-state index is -1.05. The van der Waals surface area contributed by atoms with E-state index in [9.17, 15) is 19.5 Å². The molecule has 1 aromatic carbocycles. The summed E-state index contributed by atoms with van der Waals surface area (Å²) in [5.74, 6) is -2.08. The van der Waals surface area contributed by atoms with Gasteiger partial charge in [0.1, 0.15) is 6.04 Å². The van der Waals surface area contributed by atoms with Gasteiger partial charge in [-0.15, -0.1) is 0 Å². The van der Waals surface area contributed by atoms with E-state index < -0.39 is 29.9 Å². The van der Waals surface area contributed by atoms with E-state index in [1.54, 1.807) is 0 Å². The van der Waals surface area contributed by atoms with Crippen molar-refractivity contribution in [2.75, 3.05) is 20.2 Å². The Labute approximate surface area is 198 Å². The van der Waals surface area contributed by atoms with Crippen LogP contribution in [0.25, 0.3) is 0 Å². The number of nitrogens with one attached hydrogen (secondary N) is 1. The van der Waals surface area contributed by atoms with Gasteiger partial charge in [0.05, 0.1) is 19.6 Å². The average Bonchev–Trinajstić information content (AvgIpc) is 2.70. The molecule has 0 aliphatic carbocycles. The molecule has 33 heavy (non-hydrogen) atoms. The number of hydrogen-bond donors (Lipinski definition) is 2. The summed E-state index contributed by atoms with van der Waals surface area (Å²) in [6, 6.07) is 7.56. The first-order chi connectivity index (χ1) is 15.2. The minimum absolute atomic E-state index is 0.0338. The summed E-state index contributed by atoms with van der Waals surface area (Å²) in [6.45, 7) is 13.9. The highest BCUT2D eigenvalue weighted by Crippen LogP contribution is 2.24. The van der Waals surface area contributed by atoms with Crippen LogP contribution < -0.4 is 5.32 Å². The molecule has 0 aromatic heterocycles. The number of rotatable bonds is 12. The number of carboxylic acids is 1. The zero-order chi connectivity index (χ0) is 25.2. The smallest absolute Gasteiger partial charge is 0.328 e. The molecular weight excluding hydrogens is 420 g/mol. The van der Waals surface area contributed by atoms with E-state index in [0.29, 0.717) is 13.1 Å². The van der Waals surface area contributed by atoms with Crippen LogP contribution in [0.2, 0.25) is 0 Å². The molecule has 1 aromatic rings. The Kier molecular flexibility index (Phi) is 11.0. The number of benzene rings is 1. The summed E-state index contributed by atoms with van der Waals surface area (Å²) < 4.78 is 4.91. The van der Waals surface area contributed by atoms with Gasteiger partial charge in [-0.25, -0.2) is 4.79 Å². The number of carbonyl (C=O) groups is 3. The van der Waals surface area contributed by atoms with Crippen molar-refractivity contribution in [1.82, 2.24) is 10.2 Å². The van der Waals surface area contributed by atoms with Gasteiger partial charge in [-0.05, 0) is 42.3 Å². The molecule has 7 nitrogen and oxygen atoms in total. The third-order valence-corrected chi connectivity index (χ3v) is 5.49. The zero-order valence-corrected chi connectivity index (χ0v) is 21.3. The van der Waals surface area contributed by atoms with Gasteiger partial charge in [-0.1, -0.05) is 71.9 Å². The van der Waals surface area contributed by atoms with Crippen molar-refractivity contribution in [1.29, 1.82) is 0 Å². The number of amides is 1. The zero-order valence-electron chi connectivity index (χ0n) is 21.3. The van der Waals surface area contributed by atoms with Crippen LogP contribution >= 0.6 is 0 Å². The van der Waals surface area contributed by atoms with Gasteiger partial charge >= 0.3 is 11.9 Å². The number of carboxylic acid groups (broad SMARTS) is 1. The van der Waals surface area contributed by atoms with E-state index in [1.807, 2.05) is 35.2 Å². The van der Waals surface area contributed by atoms with Crippen molar-refractivity contribution in [3.8, 4) is 0 Å². The maximum atomic E-state index is 13.4. The SMILES string of the molecule is COC(=O)[C@H](Cc1ccccc1)NC(=O)C(CC(=O)O)N(CCC(C)(C)C)CCC(C)(C)C. The minimum Gasteiger partial charge on any atom is -0.481 e. The Balaban J connectivity index is 3.14. The van der Waals surface area contributed by atoms with E-state index in [2.05, 4.69) is 46.9 Å². The summed E-state index contributed by atoms with van der Waals surface area (Å²) in [6.07, 6.45) is 1.55. The predicted octanol–water partition coefficient (Wildman–Crippen LogP) is 3.90. The van der Waals surface area contributed by atoms with Crippen LogP contribution in [0.1, 0.15) is 66.4 Å². The van der Waals surface area contributed by atoms with Crippen LogP contribution in [-0.2, 0) is 25.5 Å². The van der Waals surface area contributed by atoms with Crippen LogP contribution in [0.15, 0.2) is 30.3 Å². The number of methoxy groups -OCH3 is 1. The van der Waals surface area contributed by atoms with Crippen LogP contribution in [0.5, 0.6) is 0 Å². The van der Waals surface area contributed by atoms with Gasteiger partial charge in [-0.2, -0.15) is 0 Å². The third kappa shape index (κ3) is 11.9. The lowest BCUT2D eigenvalue weighted by molar-refractivity contribution is -0.146. The maximum Gasteiger partial charge on any atom is 0.328 e. The van der Waals surface area contributed by atoms with E-state index in [4.69, 9.17) is 4.74 Å². The molecule has 0 aliphatic heterocycles. The molecule has 0 heterocycles. The molecule has 2 atom stereocenters. The van der Waals surface area contributed by atoms with Gasteiger partial charge in [-0.3, -0.25) is 14.5 Å². The Morgan fingerprint density at radius 1 is 0.970 bits per heavy atom. The molecule has 186 valence electrons. The van der Waals surface area contributed by atoms with E-state index in [0.717, 1.165) is 18.4 Å². The molecule has 0 spiro atoms. The van der Waals surface area contributed by atoms with Gasteiger partial charge < -0.3 is 15.2 Å².